The lowest BCUT2D eigenvalue weighted by molar-refractivity contribution is -0.150. The Kier molecular flexibility index (Phi) is 6.01. The summed E-state index contributed by atoms with van der Waals surface area (Å²) in [6.45, 7) is 2.38. The quantitative estimate of drug-likeness (QED) is 0.698. The monoisotopic (exact) mass is 364 g/mol. The lowest BCUT2D eigenvalue weighted by Gasteiger charge is -2.37. The van der Waals surface area contributed by atoms with Crippen molar-refractivity contribution in [2.24, 2.45) is 5.92 Å². The highest BCUT2D eigenvalue weighted by Crippen LogP contribution is 2.25. The Balaban J connectivity index is 1.88. The zero-order chi connectivity index (χ0) is 19.2. The average Bonchev–Trinajstić information content (AvgIpc) is 2.70. The van der Waals surface area contributed by atoms with Gasteiger partial charge < -0.3 is 0 Å². The van der Waals surface area contributed by atoms with Crippen LogP contribution in [0.5, 0.6) is 0 Å². The zero-order valence-corrected chi connectivity index (χ0v) is 15.5. The van der Waals surface area contributed by atoms with Gasteiger partial charge in [0.25, 0.3) is 0 Å². The number of carbonyl (C=O) groups is 3. The van der Waals surface area contributed by atoms with Crippen LogP contribution in [-0.2, 0) is 22.7 Å². The van der Waals surface area contributed by atoms with Crippen LogP contribution < -0.4 is 0 Å². The lowest BCUT2D eigenvalue weighted by atomic mass is 9.96. The van der Waals surface area contributed by atoms with Gasteiger partial charge in [0.05, 0.1) is 13.1 Å². The Morgan fingerprint density at radius 3 is 1.59 bits per heavy atom. The van der Waals surface area contributed by atoms with Gasteiger partial charge in [0.15, 0.2) is 0 Å². The van der Waals surface area contributed by atoms with E-state index >= 15 is 0 Å². The number of barbiturate groups is 1. The number of imide groups is 2. The van der Waals surface area contributed by atoms with E-state index in [4.69, 9.17) is 0 Å². The van der Waals surface area contributed by atoms with Crippen LogP contribution in [-0.4, -0.2) is 27.6 Å². The van der Waals surface area contributed by atoms with Crippen molar-refractivity contribution in [2.75, 3.05) is 0 Å². The van der Waals surface area contributed by atoms with Crippen molar-refractivity contribution in [3.8, 4) is 0 Å². The highest BCUT2D eigenvalue weighted by atomic mass is 16.2. The number of nitrogens with zero attached hydrogens (tertiary/aromatic N) is 2. The standard InChI is InChI=1S/C22H24N2O3/c1-2-3-14-19-20(25)23(15-17-10-6-4-7-11-17)22(27)24(21(19)26)16-18-12-8-5-9-13-18/h4-13,19H,2-3,14-16H2,1H3. The SMILES string of the molecule is CCCCC1C(=O)N(Cc2ccccc2)C(=O)N(Cc2ccccc2)C1=O. The zero-order valence-electron chi connectivity index (χ0n) is 15.5. The molecule has 0 bridgehead atoms. The van der Waals surface area contributed by atoms with Gasteiger partial charge in [-0.3, -0.25) is 19.4 Å². The number of hydrogen-bond acceptors (Lipinski definition) is 3. The number of carbonyl (C=O) groups excluding carboxylic acids is 3. The van der Waals surface area contributed by atoms with Gasteiger partial charge in [0.1, 0.15) is 5.92 Å². The summed E-state index contributed by atoms with van der Waals surface area (Å²) >= 11 is 0. The molecule has 0 N–H and O–H groups in total. The van der Waals surface area contributed by atoms with Crippen LogP contribution in [0.15, 0.2) is 60.7 Å². The molecule has 1 aliphatic rings. The third-order valence-corrected chi connectivity index (χ3v) is 4.80. The molecule has 2 aromatic carbocycles. The molecule has 0 atom stereocenters. The van der Waals surface area contributed by atoms with Crippen molar-refractivity contribution >= 4 is 17.8 Å². The van der Waals surface area contributed by atoms with Crippen molar-refractivity contribution in [1.82, 2.24) is 9.80 Å². The molecule has 5 nitrogen and oxygen atoms in total. The van der Waals surface area contributed by atoms with Gasteiger partial charge in [-0.2, -0.15) is 0 Å². The van der Waals surface area contributed by atoms with Gasteiger partial charge in [-0.15, -0.1) is 0 Å². The van der Waals surface area contributed by atoms with Crippen LogP contribution in [0.25, 0.3) is 0 Å². The molecule has 0 spiro atoms. The summed E-state index contributed by atoms with van der Waals surface area (Å²) < 4.78 is 0. The minimum absolute atomic E-state index is 0.180. The molecule has 0 radical (unpaired) electrons. The van der Waals surface area contributed by atoms with Gasteiger partial charge in [-0.05, 0) is 17.5 Å². The molecule has 5 heteroatoms. The van der Waals surface area contributed by atoms with Crippen molar-refractivity contribution in [2.45, 2.75) is 39.3 Å². The Morgan fingerprint density at radius 1 is 0.741 bits per heavy atom. The molecule has 140 valence electrons. The number of hydrogen-bond donors (Lipinski definition) is 0. The maximum absolute atomic E-state index is 13.0. The second-order valence-corrected chi connectivity index (χ2v) is 6.80. The van der Waals surface area contributed by atoms with E-state index in [2.05, 4.69) is 0 Å². The van der Waals surface area contributed by atoms with Crippen LogP contribution in [0.4, 0.5) is 4.79 Å². The molecule has 0 aromatic heterocycles. The maximum Gasteiger partial charge on any atom is 0.334 e. The molecular weight excluding hydrogens is 340 g/mol. The summed E-state index contributed by atoms with van der Waals surface area (Å²) in [4.78, 5) is 41.3. The molecule has 1 fully saturated rings. The highest BCUT2D eigenvalue weighted by molar-refractivity contribution is 6.15. The van der Waals surface area contributed by atoms with Gasteiger partial charge in [0.2, 0.25) is 11.8 Å². The number of urea groups is 1. The second-order valence-electron chi connectivity index (χ2n) is 6.80. The Morgan fingerprint density at radius 2 is 1.19 bits per heavy atom. The third kappa shape index (κ3) is 4.25. The van der Waals surface area contributed by atoms with Gasteiger partial charge in [0, 0.05) is 0 Å². The number of benzene rings is 2. The first-order chi connectivity index (χ1) is 13.1. The highest BCUT2D eigenvalue weighted by Gasteiger charge is 2.45. The summed E-state index contributed by atoms with van der Waals surface area (Å²) in [5.74, 6) is -1.55. The Labute approximate surface area is 159 Å². The maximum atomic E-state index is 13.0. The van der Waals surface area contributed by atoms with Gasteiger partial charge in [-0.1, -0.05) is 80.4 Å². The van der Waals surface area contributed by atoms with E-state index in [1.807, 2.05) is 67.6 Å². The van der Waals surface area contributed by atoms with E-state index in [1.54, 1.807) is 0 Å². The van der Waals surface area contributed by atoms with Gasteiger partial charge >= 0.3 is 6.03 Å². The molecule has 1 aliphatic heterocycles. The predicted octanol–water partition coefficient (Wildman–Crippen LogP) is 3.98. The van der Waals surface area contributed by atoms with E-state index in [0.717, 1.165) is 24.0 Å². The minimum Gasteiger partial charge on any atom is -0.273 e. The molecule has 27 heavy (non-hydrogen) atoms. The average molecular weight is 364 g/mol. The fraction of sp³-hybridized carbons (Fsp3) is 0.318. The normalized spacial score (nSPS) is 15.5. The largest absolute Gasteiger partial charge is 0.334 e. The van der Waals surface area contributed by atoms with Crippen LogP contribution in [0.1, 0.15) is 37.3 Å². The summed E-state index contributed by atoms with van der Waals surface area (Å²) in [5.41, 5.74) is 1.73. The van der Waals surface area contributed by atoms with Crippen LogP contribution >= 0.6 is 0 Å². The topological polar surface area (TPSA) is 57.7 Å². The van der Waals surface area contributed by atoms with Crippen molar-refractivity contribution in [3.05, 3.63) is 71.8 Å². The molecule has 0 saturated carbocycles. The molecule has 3 rings (SSSR count). The molecular formula is C22H24N2O3. The lowest BCUT2D eigenvalue weighted by Crippen LogP contribution is -2.58. The minimum atomic E-state index is -0.782. The second kappa shape index (κ2) is 8.62. The summed E-state index contributed by atoms with van der Waals surface area (Å²) in [6, 6.07) is 18.2. The first kappa shape index (κ1) is 18.8. The molecule has 1 heterocycles. The first-order valence-corrected chi connectivity index (χ1v) is 9.36. The molecule has 1 saturated heterocycles. The molecule has 0 unspecified atom stereocenters. The molecule has 4 amide bonds. The van der Waals surface area contributed by atoms with Crippen LogP contribution in [0, 0.1) is 5.92 Å². The third-order valence-electron chi connectivity index (χ3n) is 4.80. The molecule has 2 aromatic rings. The predicted molar refractivity (Wildman–Crippen MR) is 102 cm³/mol. The first-order valence-electron chi connectivity index (χ1n) is 9.36. The summed E-state index contributed by atoms with van der Waals surface area (Å²) in [7, 11) is 0. The number of amides is 4. The van der Waals surface area contributed by atoms with Crippen LogP contribution in [0.2, 0.25) is 0 Å². The van der Waals surface area contributed by atoms with Gasteiger partial charge in [-0.25, -0.2) is 4.79 Å². The fourth-order valence-corrected chi connectivity index (χ4v) is 3.29. The smallest absolute Gasteiger partial charge is 0.273 e. The number of unbranched alkanes of at least 4 members (excludes halogenated alkanes) is 1. The van der Waals surface area contributed by atoms with E-state index in [9.17, 15) is 14.4 Å². The van der Waals surface area contributed by atoms with E-state index in [1.165, 1.54) is 9.80 Å². The van der Waals surface area contributed by atoms with Crippen molar-refractivity contribution in [3.63, 3.8) is 0 Å². The molecule has 0 aliphatic carbocycles. The summed E-state index contributed by atoms with van der Waals surface area (Å²) in [5, 5.41) is 0. The Hall–Kier alpha value is -2.95. The van der Waals surface area contributed by atoms with Crippen LogP contribution in [0.3, 0.4) is 0 Å². The van der Waals surface area contributed by atoms with E-state index < -0.39 is 11.9 Å². The van der Waals surface area contributed by atoms with Crippen molar-refractivity contribution in [1.29, 1.82) is 0 Å². The Bertz CT molecular complexity index is 741. The number of rotatable bonds is 7. The summed E-state index contributed by atoms with van der Waals surface area (Å²) in [6.07, 6.45) is 2.13. The van der Waals surface area contributed by atoms with E-state index in [0.29, 0.717) is 6.42 Å². The fourth-order valence-electron chi connectivity index (χ4n) is 3.29. The van der Waals surface area contributed by atoms with Crippen molar-refractivity contribution < 1.29 is 14.4 Å². The van der Waals surface area contributed by atoms with E-state index in [-0.39, 0.29) is 24.9 Å².